The van der Waals surface area contributed by atoms with E-state index in [0.717, 1.165) is 31.2 Å². The fourth-order valence-electron chi connectivity index (χ4n) is 2.73. The summed E-state index contributed by atoms with van der Waals surface area (Å²) in [4.78, 5) is 15.0. The number of piperidine rings is 1. The van der Waals surface area contributed by atoms with E-state index in [0.29, 0.717) is 13.1 Å². The Kier molecular flexibility index (Phi) is 5.49. The third-order valence-electron chi connectivity index (χ3n) is 3.89. The second-order valence-corrected chi connectivity index (χ2v) is 7.78. The van der Waals surface area contributed by atoms with Crippen molar-refractivity contribution in [1.29, 1.82) is 0 Å². The van der Waals surface area contributed by atoms with Gasteiger partial charge in [0.25, 0.3) is 0 Å². The van der Waals surface area contributed by atoms with Crippen LogP contribution in [0.25, 0.3) is 12.2 Å². The van der Waals surface area contributed by atoms with E-state index in [1.807, 2.05) is 67.7 Å². The van der Waals surface area contributed by atoms with Crippen LogP contribution in [0.2, 0.25) is 0 Å². The zero-order valence-corrected chi connectivity index (χ0v) is 16.5. The lowest BCUT2D eigenvalue weighted by Gasteiger charge is -2.26. The van der Waals surface area contributed by atoms with Gasteiger partial charge in [-0.1, -0.05) is 56.1 Å². The molecular weight excluding hydrogens is 430 g/mol. The Morgan fingerprint density at radius 3 is 1.54 bits per heavy atom. The largest absolute Gasteiger partial charge is 0.298 e. The number of carbonyl (C=O) groups is 1. The van der Waals surface area contributed by atoms with Crippen molar-refractivity contribution in [1.82, 2.24) is 4.90 Å². The standard InChI is InChI=1S/C20H17Br2NO/c1-23-12-16(10-14-2-6-18(21)7-3-14)20(24)17(13-23)11-15-4-8-19(22)9-5-15/h2-11H,12-13H2,1H3/b16-10-,17-11+. The number of rotatable bonds is 2. The van der Waals surface area contributed by atoms with Crippen LogP contribution in [0.5, 0.6) is 0 Å². The summed E-state index contributed by atoms with van der Waals surface area (Å²) in [6.45, 7) is 1.35. The fourth-order valence-corrected chi connectivity index (χ4v) is 3.26. The molecule has 0 radical (unpaired) electrons. The predicted octanol–water partition coefficient (Wildman–Crippen LogP) is 5.19. The van der Waals surface area contributed by atoms with E-state index in [1.165, 1.54) is 0 Å². The number of hydrogen-bond acceptors (Lipinski definition) is 2. The van der Waals surface area contributed by atoms with E-state index < -0.39 is 0 Å². The van der Waals surface area contributed by atoms with Crippen LogP contribution in [0.15, 0.2) is 68.6 Å². The quantitative estimate of drug-likeness (QED) is 0.591. The Morgan fingerprint density at radius 1 is 0.792 bits per heavy atom. The van der Waals surface area contributed by atoms with Gasteiger partial charge in [-0.15, -0.1) is 0 Å². The van der Waals surface area contributed by atoms with E-state index >= 15 is 0 Å². The molecule has 1 saturated heterocycles. The van der Waals surface area contributed by atoms with Crippen molar-refractivity contribution in [3.63, 3.8) is 0 Å². The number of nitrogens with zero attached hydrogens (tertiary/aromatic N) is 1. The molecule has 2 aromatic rings. The van der Waals surface area contributed by atoms with Crippen molar-refractivity contribution in [2.45, 2.75) is 0 Å². The first-order valence-corrected chi connectivity index (χ1v) is 9.25. The van der Waals surface area contributed by atoms with Crippen molar-refractivity contribution in [2.75, 3.05) is 20.1 Å². The van der Waals surface area contributed by atoms with Gasteiger partial charge >= 0.3 is 0 Å². The third kappa shape index (κ3) is 4.32. The maximum atomic E-state index is 12.8. The van der Waals surface area contributed by atoms with Gasteiger partial charge < -0.3 is 0 Å². The molecule has 3 rings (SSSR count). The molecule has 0 aromatic heterocycles. The van der Waals surface area contributed by atoms with Crippen molar-refractivity contribution >= 4 is 49.8 Å². The van der Waals surface area contributed by atoms with Gasteiger partial charge in [-0.05, 0) is 54.6 Å². The van der Waals surface area contributed by atoms with Crippen LogP contribution in [-0.4, -0.2) is 30.8 Å². The van der Waals surface area contributed by atoms with Gasteiger partial charge in [0.2, 0.25) is 0 Å². The minimum atomic E-state index is 0.138. The first-order valence-electron chi connectivity index (χ1n) is 7.67. The first-order chi connectivity index (χ1) is 11.5. The van der Waals surface area contributed by atoms with Crippen molar-refractivity contribution in [3.8, 4) is 0 Å². The number of likely N-dealkylation sites (tertiary alicyclic amines) is 1. The monoisotopic (exact) mass is 445 g/mol. The zero-order valence-electron chi connectivity index (χ0n) is 13.3. The highest BCUT2D eigenvalue weighted by molar-refractivity contribution is 9.10. The SMILES string of the molecule is CN1C/C(=C/c2ccc(Br)cc2)C(=O)/C(=C/c2ccc(Br)cc2)C1. The van der Waals surface area contributed by atoms with Crippen molar-refractivity contribution < 1.29 is 4.79 Å². The van der Waals surface area contributed by atoms with Crippen molar-refractivity contribution in [2.24, 2.45) is 0 Å². The molecule has 24 heavy (non-hydrogen) atoms. The zero-order chi connectivity index (χ0) is 17.1. The highest BCUT2D eigenvalue weighted by atomic mass is 79.9. The summed E-state index contributed by atoms with van der Waals surface area (Å²) in [5.74, 6) is 0.138. The number of ketones is 1. The maximum absolute atomic E-state index is 12.8. The van der Waals surface area contributed by atoms with Gasteiger partial charge in [0.1, 0.15) is 0 Å². The maximum Gasteiger partial charge on any atom is 0.187 e. The van der Waals surface area contributed by atoms with Gasteiger partial charge in [0.05, 0.1) is 0 Å². The second-order valence-electron chi connectivity index (χ2n) is 5.94. The number of hydrogen-bond donors (Lipinski definition) is 0. The molecule has 1 aliphatic heterocycles. The third-order valence-corrected chi connectivity index (χ3v) is 4.94. The average Bonchev–Trinajstić information content (AvgIpc) is 2.56. The van der Waals surface area contributed by atoms with E-state index in [-0.39, 0.29) is 5.78 Å². The minimum absolute atomic E-state index is 0.138. The van der Waals surface area contributed by atoms with Crippen LogP contribution in [0.4, 0.5) is 0 Å². The molecule has 0 N–H and O–H groups in total. The Labute approximate surface area is 159 Å². The van der Waals surface area contributed by atoms with Crippen LogP contribution in [0, 0.1) is 0 Å². The van der Waals surface area contributed by atoms with Gasteiger partial charge in [-0.3, -0.25) is 9.69 Å². The molecule has 122 valence electrons. The molecule has 0 atom stereocenters. The number of benzene rings is 2. The Hall–Kier alpha value is -1.49. The summed E-state index contributed by atoms with van der Waals surface area (Å²) in [7, 11) is 2.04. The van der Waals surface area contributed by atoms with E-state index in [2.05, 4.69) is 36.8 Å². The van der Waals surface area contributed by atoms with E-state index in [1.54, 1.807) is 0 Å². The fraction of sp³-hybridized carbons (Fsp3) is 0.150. The Balaban J connectivity index is 1.90. The van der Waals surface area contributed by atoms with Crippen LogP contribution in [0.1, 0.15) is 11.1 Å². The molecular formula is C20H17Br2NO. The molecule has 4 heteroatoms. The van der Waals surface area contributed by atoms with Crippen LogP contribution < -0.4 is 0 Å². The van der Waals surface area contributed by atoms with Gasteiger partial charge in [-0.2, -0.15) is 0 Å². The van der Waals surface area contributed by atoms with Gasteiger partial charge in [0.15, 0.2) is 5.78 Å². The lowest BCUT2D eigenvalue weighted by Crippen LogP contribution is -2.34. The lowest BCUT2D eigenvalue weighted by atomic mass is 9.94. The summed E-state index contributed by atoms with van der Waals surface area (Å²) in [5.41, 5.74) is 3.74. The predicted molar refractivity (Wildman–Crippen MR) is 107 cm³/mol. The molecule has 1 fully saturated rings. The van der Waals surface area contributed by atoms with E-state index in [9.17, 15) is 4.79 Å². The van der Waals surface area contributed by atoms with Gasteiger partial charge in [-0.25, -0.2) is 0 Å². The molecule has 1 heterocycles. The van der Waals surface area contributed by atoms with Gasteiger partial charge in [0, 0.05) is 33.2 Å². The summed E-state index contributed by atoms with van der Waals surface area (Å²) < 4.78 is 2.07. The normalized spacial score (nSPS) is 19.2. The number of likely N-dealkylation sites (N-methyl/N-ethyl adjacent to an activating group) is 1. The Bertz CT molecular complexity index is 737. The topological polar surface area (TPSA) is 20.3 Å². The molecule has 0 unspecified atom stereocenters. The highest BCUT2D eigenvalue weighted by Gasteiger charge is 2.23. The van der Waals surface area contributed by atoms with E-state index in [4.69, 9.17) is 0 Å². The summed E-state index contributed by atoms with van der Waals surface area (Å²) >= 11 is 6.87. The number of carbonyl (C=O) groups excluding carboxylic acids is 1. The summed E-state index contributed by atoms with van der Waals surface area (Å²) in [6.07, 6.45) is 3.97. The van der Waals surface area contributed by atoms with Crippen LogP contribution in [0.3, 0.4) is 0 Å². The first kappa shape index (κ1) is 17.3. The Morgan fingerprint density at radius 2 is 1.17 bits per heavy atom. The van der Waals surface area contributed by atoms with Crippen LogP contribution >= 0.6 is 31.9 Å². The lowest BCUT2D eigenvalue weighted by molar-refractivity contribution is -0.113. The second kappa shape index (κ2) is 7.60. The molecule has 0 amide bonds. The minimum Gasteiger partial charge on any atom is -0.298 e. The summed E-state index contributed by atoms with van der Waals surface area (Å²) in [6, 6.07) is 16.0. The smallest absolute Gasteiger partial charge is 0.187 e. The molecule has 0 spiro atoms. The molecule has 0 saturated carbocycles. The summed E-state index contributed by atoms with van der Waals surface area (Å²) in [5, 5.41) is 0. The number of Topliss-reactive ketones (excluding diaryl/α,β-unsaturated/α-hetero) is 1. The molecule has 2 nitrogen and oxygen atoms in total. The average molecular weight is 447 g/mol. The molecule has 2 aromatic carbocycles. The highest BCUT2D eigenvalue weighted by Crippen LogP contribution is 2.22. The molecule has 1 aliphatic rings. The van der Waals surface area contributed by atoms with Crippen molar-refractivity contribution in [3.05, 3.63) is 79.7 Å². The molecule has 0 aliphatic carbocycles. The van der Waals surface area contributed by atoms with Crippen LogP contribution in [-0.2, 0) is 4.79 Å². The number of halogens is 2. The molecule has 0 bridgehead atoms.